The summed E-state index contributed by atoms with van der Waals surface area (Å²) >= 11 is 0. The smallest absolute Gasteiger partial charge is 0.427 e. The molecule has 0 spiro atoms. The summed E-state index contributed by atoms with van der Waals surface area (Å²) in [5.74, 6) is 0. The summed E-state index contributed by atoms with van der Waals surface area (Å²) in [6.07, 6.45) is 4.04. The fourth-order valence-corrected chi connectivity index (χ4v) is 1.75. The lowest BCUT2D eigenvalue weighted by atomic mass is 9.83. The minimum Gasteiger partial charge on any atom is -0.427 e. The van der Waals surface area contributed by atoms with Crippen molar-refractivity contribution in [2.45, 2.75) is 38.0 Å². The molecule has 0 aliphatic carbocycles. The lowest BCUT2D eigenvalue weighted by Crippen LogP contribution is -2.22. The monoisotopic (exact) mass is 221 g/mol. The highest BCUT2D eigenvalue weighted by Crippen LogP contribution is 2.08. The Bertz CT molecular complexity index is 280. The van der Waals surface area contributed by atoms with E-state index in [1.54, 1.807) is 0 Å². The molecule has 0 fully saturated rings. The van der Waals surface area contributed by atoms with Gasteiger partial charge in [-0.2, -0.15) is 0 Å². The predicted molar refractivity (Wildman–Crippen MR) is 67.0 cm³/mol. The quantitative estimate of drug-likeness (QED) is 0.478. The van der Waals surface area contributed by atoms with E-state index in [1.165, 1.54) is 5.56 Å². The van der Waals surface area contributed by atoms with Gasteiger partial charge < -0.3 is 15.8 Å². The Morgan fingerprint density at radius 2 is 1.81 bits per heavy atom. The van der Waals surface area contributed by atoms with E-state index in [2.05, 4.69) is 12.1 Å². The number of unbranched alkanes of at least 4 members (excludes halogenated alkanes) is 1. The van der Waals surface area contributed by atoms with Crippen molar-refractivity contribution in [2.75, 3.05) is 0 Å². The van der Waals surface area contributed by atoms with Crippen LogP contribution in [0.15, 0.2) is 30.3 Å². The first kappa shape index (κ1) is 13.2. The Hall–Kier alpha value is -0.835. The maximum Gasteiger partial charge on any atom is 0.451 e. The molecule has 0 radical (unpaired) electrons. The Morgan fingerprint density at radius 3 is 2.44 bits per heavy atom. The van der Waals surface area contributed by atoms with Crippen LogP contribution in [0.4, 0.5) is 0 Å². The van der Waals surface area contributed by atoms with E-state index in [-0.39, 0.29) is 6.04 Å². The van der Waals surface area contributed by atoms with Crippen LogP contribution in [-0.2, 0) is 6.42 Å². The molecule has 0 bridgehead atoms. The van der Waals surface area contributed by atoms with E-state index in [1.807, 2.05) is 18.2 Å². The Kier molecular flexibility index (Phi) is 6.15. The molecule has 1 rings (SSSR count). The topological polar surface area (TPSA) is 66.5 Å². The Labute approximate surface area is 97.4 Å². The zero-order chi connectivity index (χ0) is 11.8. The van der Waals surface area contributed by atoms with E-state index in [0.717, 1.165) is 25.7 Å². The molecule has 1 atom stereocenters. The summed E-state index contributed by atoms with van der Waals surface area (Å²) in [6.45, 7) is 0. The fourth-order valence-electron chi connectivity index (χ4n) is 1.75. The third kappa shape index (κ3) is 5.90. The van der Waals surface area contributed by atoms with Crippen LogP contribution in [0.2, 0.25) is 6.32 Å². The van der Waals surface area contributed by atoms with Crippen LogP contribution < -0.4 is 5.73 Å². The largest absolute Gasteiger partial charge is 0.451 e. The van der Waals surface area contributed by atoms with Crippen LogP contribution in [0.5, 0.6) is 0 Å². The molecule has 4 N–H and O–H groups in total. The number of nitrogens with two attached hydrogens (primary N) is 1. The van der Waals surface area contributed by atoms with Crippen LogP contribution in [0.25, 0.3) is 0 Å². The molecule has 1 unspecified atom stereocenters. The van der Waals surface area contributed by atoms with Crippen LogP contribution in [0.3, 0.4) is 0 Å². The highest BCUT2D eigenvalue weighted by Gasteiger charge is 2.07. The van der Waals surface area contributed by atoms with E-state index < -0.39 is 7.12 Å². The molecule has 88 valence electrons. The van der Waals surface area contributed by atoms with Crippen molar-refractivity contribution >= 4 is 7.12 Å². The van der Waals surface area contributed by atoms with E-state index in [4.69, 9.17) is 15.8 Å². The zero-order valence-corrected chi connectivity index (χ0v) is 9.55. The second-order valence-electron chi connectivity index (χ2n) is 4.21. The van der Waals surface area contributed by atoms with E-state index >= 15 is 0 Å². The van der Waals surface area contributed by atoms with Crippen molar-refractivity contribution in [3.63, 3.8) is 0 Å². The van der Waals surface area contributed by atoms with Gasteiger partial charge in [-0.15, -0.1) is 0 Å². The lowest BCUT2D eigenvalue weighted by molar-refractivity contribution is 0.400. The molecular formula is C12H20BNO2. The molecule has 0 amide bonds. The van der Waals surface area contributed by atoms with Crippen LogP contribution in [0.1, 0.15) is 24.8 Å². The minimum atomic E-state index is -1.18. The molecule has 0 aliphatic rings. The molecule has 4 heteroatoms. The molecule has 0 saturated heterocycles. The third-order valence-electron chi connectivity index (χ3n) is 2.63. The summed E-state index contributed by atoms with van der Waals surface area (Å²) < 4.78 is 0. The molecule has 0 aromatic heterocycles. The average molecular weight is 221 g/mol. The molecule has 16 heavy (non-hydrogen) atoms. The van der Waals surface area contributed by atoms with Gasteiger partial charge in [0.1, 0.15) is 0 Å². The van der Waals surface area contributed by atoms with Crippen LogP contribution in [-0.4, -0.2) is 23.2 Å². The fraction of sp³-hybridized carbons (Fsp3) is 0.500. The predicted octanol–water partition coefficient (Wildman–Crippen LogP) is 1.20. The number of hydrogen-bond donors (Lipinski definition) is 3. The number of hydrogen-bond acceptors (Lipinski definition) is 3. The summed E-state index contributed by atoms with van der Waals surface area (Å²) in [4.78, 5) is 0. The van der Waals surface area contributed by atoms with Crippen LogP contribution >= 0.6 is 0 Å². The van der Waals surface area contributed by atoms with Gasteiger partial charge in [0.15, 0.2) is 0 Å². The highest BCUT2D eigenvalue weighted by molar-refractivity contribution is 6.40. The summed E-state index contributed by atoms with van der Waals surface area (Å²) in [5.41, 5.74) is 7.26. The zero-order valence-electron chi connectivity index (χ0n) is 9.55. The number of benzene rings is 1. The van der Waals surface area contributed by atoms with Gasteiger partial charge in [0.05, 0.1) is 0 Å². The van der Waals surface area contributed by atoms with Crippen molar-refractivity contribution in [1.82, 2.24) is 0 Å². The molecule has 1 aromatic carbocycles. The van der Waals surface area contributed by atoms with Gasteiger partial charge >= 0.3 is 7.12 Å². The maximum atomic E-state index is 8.68. The first-order valence-corrected chi connectivity index (χ1v) is 5.84. The third-order valence-corrected chi connectivity index (χ3v) is 2.63. The lowest BCUT2D eigenvalue weighted by Gasteiger charge is -2.11. The summed E-state index contributed by atoms with van der Waals surface area (Å²) in [7, 11) is -1.18. The summed E-state index contributed by atoms with van der Waals surface area (Å²) in [5, 5.41) is 17.4. The van der Waals surface area contributed by atoms with Gasteiger partial charge in [0, 0.05) is 6.04 Å². The highest BCUT2D eigenvalue weighted by atomic mass is 16.4. The first-order valence-electron chi connectivity index (χ1n) is 5.84. The molecule has 0 aliphatic heterocycles. The normalized spacial score (nSPS) is 12.4. The molecule has 0 saturated carbocycles. The molecule has 3 nitrogen and oxygen atoms in total. The van der Waals surface area contributed by atoms with Crippen molar-refractivity contribution in [3.8, 4) is 0 Å². The standard InChI is InChI=1S/C12H20BNO2/c14-12(8-4-5-9-13(15)16)10-11-6-2-1-3-7-11/h1-3,6-7,12,15-16H,4-5,8-10,14H2. The molecular weight excluding hydrogens is 201 g/mol. The average Bonchev–Trinajstić information content (AvgIpc) is 2.25. The molecule has 1 aromatic rings. The van der Waals surface area contributed by atoms with Gasteiger partial charge in [0.25, 0.3) is 0 Å². The van der Waals surface area contributed by atoms with Crippen molar-refractivity contribution in [2.24, 2.45) is 5.73 Å². The first-order chi connectivity index (χ1) is 7.68. The maximum absolute atomic E-state index is 8.68. The van der Waals surface area contributed by atoms with Gasteiger partial charge in [-0.05, 0) is 24.7 Å². The summed E-state index contributed by atoms with van der Waals surface area (Å²) in [6, 6.07) is 10.4. The van der Waals surface area contributed by atoms with Crippen molar-refractivity contribution in [3.05, 3.63) is 35.9 Å². The second-order valence-corrected chi connectivity index (χ2v) is 4.21. The van der Waals surface area contributed by atoms with Gasteiger partial charge in [0.2, 0.25) is 0 Å². The van der Waals surface area contributed by atoms with E-state index in [9.17, 15) is 0 Å². The SMILES string of the molecule is NC(CCCCB(O)O)Cc1ccccc1. The van der Waals surface area contributed by atoms with Gasteiger partial charge in [-0.25, -0.2) is 0 Å². The second kappa shape index (κ2) is 7.44. The van der Waals surface area contributed by atoms with Crippen molar-refractivity contribution < 1.29 is 10.0 Å². The van der Waals surface area contributed by atoms with Crippen molar-refractivity contribution in [1.29, 1.82) is 0 Å². The Morgan fingerprint density at radius 1 is 1.12 bits per heavy atom. The van der Waals surface area contributed by atoms with E-state index in [0.29, 0.717) is 6.32 Å². The van der Waals surface area contributed by atoms with Gasteiger partial charge in [-0.3, -0.25) is 0 Å². The van der Waals surface area contributed by atoms with Gasteiger partial charge in [-0.1, -0.05) is 43.2 Å². The Balaban J connectivity index is 2.14. The minimum absolute atomic E-state index is 0.165. The van der Waals surface area contributed by atoms with Crippen LogP contribution in [0, 0.1) is 0 Å². The number of rotatable bonds is 7. The molecule has 0 heterocycles.